The molecule has 0 aromatic heterocycles. The highest BCUT2D eigenvalue weighted by molar-refractivity contribution is 7.95. The minimum atomic E-state index is -3.87. The molecule has 0 aromatic rings. The first-order valence-electron chi connectivity index (χ1n) is 6.90. The Labute approximate surface area is 133 Å². The van der Waals surface area contributed by atoms with Gasteiger partial charge in [-0.2, -0.15) is 0 Å². The van der Waals surface area contributed by atoms with Crippen molar-refractivity contribution >= 4 is 33.1 Å². The first-order chi connectivity index (χ1) is 10.2. The molecule has 0 bridgehead atoms. The van der Waals surface area contributed by atoms with Crippen molar-refractivity contribution in [1.82, 2.24) is 4.90 Å². The van der Waals surface area contributed by atoms with Gasteiger partial charge < -0.3 is 4.90 Å². The first-order valence-corrected chi connectivity index (χ1v) is 8.82. The van der Waals surface area contributed by atoms with Crippen molar-refractivity contribution in [3.8, 4) is 0 Å². The van der Waals surface area contributed by atoms with Gasteiger partial charge in [0.2, 0.25) is 5.91 Å². The highest BCUT2D eigenvalue weighted by Gasteiger charge is 2.48. The Hall–Kier alpha value is -1.21. The van der Waals surface area contributed by atoms with Crippen LogP contribution < -0.4 is 0 Å². The van der Waals surface area contributed by atoms with Gasteiger partial charge >= 0.3 is 0 Å². The van der Waals surface area contributed by atoms with E-state index in [1.807, 2.05) is 0 Å². The van der Waals surface area contributed by atoms with Gasteiger partial charge in [0.05, 0.1) is 11.7 Å². The summed E-state index contributed by atoms with van der Waals surface area (Å²) in [6.07, 6.45) is 3.45. The number of allylic oxidation sites excluding steroid dienone is 3. The van der Waals surface area contributed by atoms with Crippen LogP contribution in [0.25, 0.3) is 0 Å². The zero-order valence-electron chi connectivity index (χ0n) is 12.1. The Kier molecular flexibility index (Phi) is 4.77. The number of hydrogen-bond acceptors (Lipinski definition) is 4. The number of likely N-dealkylation sites (tertiary alicyclic amines) is 1. The summed E-state index contributed by atoms with van der Waals surface area (Å²) in [4.78, 5) is 24.2. The molecule has 0 radical (unpaired) electrons. The van der Waals surface area contributed by atoms with E-state index in [0.717, 1.165) is 6.08 Å². The number of nitrogens with zero attached hydrogens (tertiary/aromatic N) is 1. The Morgan fingerprint density at radius 2 is 2.18 bits per heavy atom. The molecule has 1 aliphatic carbocycles. The summed E-state index contributed by atoms with van der Waals surface area (Å²) >= 11 is 6.14. The SMILES string of the molecule is CC(=O)CC(=O)N1CC[C@@H](S(=O)(=O)[C@@]2(Cl)C=C(F)C=CC2)C1. The van der Waals surface area contributed by atoms with Gasteiger partial charge in [-0.15, -0.1) is 0 Å². The fourth-order valence-corrected chi connectivity index (χ4v) is 5.18. The lowest BCUT2D eigenvalue weighted by atomic mass is 10.2. The van der Waals surface area contributed by atoms with Crippen molar-refractivity contribution in [1.29, 1.82) is 0 Å². The molecular weight excluding hydrogens is 333 g/mol. The molecule has 5 nitrogen and oxygen atoms in total. The number of carbonyl (C=O) groups excluding carboxylic acids is 2. The fraction of sp³-hybridized carbons (Fsp3) is 0.571. The van der Waals surface area contributed by atoms with E-state index in [9.17, 15) is 22.4 Å². The molecule has 1 heterocycles. The number of Topliss-reactive ketones (excluding diaryl/α,β-unsaturated/α-hetero) is 1. The second-order valence-corrected chi connectivity index (χ2v) is 8.98. The van der Waals surface area contributed by atoms with Gasteiger partial charge in [0.1, 0.15) is 11.6 Å². The van der Waals surface area contributed by atoms with Crippen molar-refractivity contribution in [3.05, 3.63) is 24.1 Å². The normalized spacial score (nSPS) is 28.6. The maximum absolute atomic E-state index is 13.4. The largest absolute Gasteiger partial charge is 0.341 e. The lowest BCUT2D eigenvalue weighted by Gasteiger charge is -2.27. The maximum atomic E-state index is 13.4. The van der Waals surface area contributed by atoms with E-state index in [0.29, 0.717) is 0 Å². The number of carbonyl (C=O) groups is 2. The van der Waals surface area contributed by atoms with E-state index in [1.165, 1.54) is 24.0 Å². The molecule has 1 fully saturated rings. The topological polar surface area (TPSA) is 71.5 Å². The zero-order valence-corrected chi connectivity index (χ0v) is 13.7. The quantitative estimate of drug-likeness (QED) is 0.572. The average Bonchev–Trinajstić information content (AvgIpc) is 2.87. The molecule has 2 atom stereocenters. The van der Waals surface area contributed by atoms with Crippen LogP contribution in [0.4, 0.5) is 4.39 Å². The van der Waals surface area contributed by atoms with Gasteiger partial charge in [-0.1, -0.05) is 17.7 Å². The third kappa shape index (κ3) is 3.25. The van der Waals surface area contributed by atoms with Crippen LogP contribution in [0.15, 0.2) is 24.1 Å². The van der Waals surface area contributed by atoms with Crippen LogP contribution in [0, 0.1) is 0 Å². The molecule has 0 aromatic carbocycles. The maximum Gasteiger partial charge on any atom is 0.230 e. The highest BCUT2D eigenvalue weighted by atomic mass is 35.5. The molecule has 2 rings (SSSR count). The third-order valence-electron chi connectivity index (χ3n) is 3.84. The molecular formula is C14H17ClFNO4S. The van der Waals surface area contributed by atoms with Crippen LogP contribution in [0.5, 0.6) is 0 Å². The molecule has 0 N–H and O–H groups in total. The number of alkyl halides is 1. The molecule has 22 heavy (non-hydrogen) atoms. The second kappa shape index (κ2) is 6.12. The first kappa shape index (κ1) is 17.1. The van der Waals surface area contributed by atoms with E-state index in [2.05, 4.69) is 0 Å². The Balaban J connectivity index is 2.14. The number of rotatable bonds is 4. The highest BCUT2D eigenvalue weighted by Crippen LogP contribution is 2.38. The van der Waals surface area contributed by atoms with Crippen molar-refractivity contribution < 1.29 is 22.4 Å². The van der Waals surface area contributed by atoms with Crippen LogP contribution in [0.3, 0.4) is 0 Å². The molecule has 1 amide bonds. The van der Waals surface area contributed by atoms with Crippen LogP contribution in [-0.2, 0) is 19.4 Å². The van der Waals surface area contributed by atoms with Crippen molar-refractivity contribution in [2.45, 2.75) is 35.6 Å². The van der Waals surface area contributed by atoms with Gasteiger partial charge in [0, 0.05) is 19.5 Å². The smallest absolute Gasteiger partial charge is 0.230 e. The van der Waals surface area contributed by atoms with Gasteiger partial charge in [-0.05, 0) is 25.5 Å². The predicted molar refractivity (Wildman–Crippen MR) is 80.7 cm³/mol. The Bertz CT molecular complexity index is 658. The Morgan fingerprint density at radius 1 is 1.50 bits per heavy atom. The van der Waals surface area contributed by atoms with Gasteiger partial charge in [-0.3, -0.25) is 9.59 Å². The molecule has 0 saturated carbocycles. The van der Waals surface area contributed by atoms with Crippen LogP contribution in [-0.4, -0.2) is 47.6 Å². The fourth-order valence-electron chi connectivity index (χ4n) is 2.65. The van der Waals surface area contributed by atoms with Gasteiger partial charge in [0.15, 0.2) is 14.0 Å². The molecule has 2 aliphatic rings. The minimum absolute atomic E-state index is 0.0117. The van der Waals surface area contributed by atoms with E-state index in [4.69, 9.17) is 11.6 Å². The van der Waals surface area contributed by atoms with Crippen molar-refractivity contribution in [2.24, 2.45) is 0 Å². The number of sulfone groups is 1. The summed E-state index contributed by atoms with van der Waals surface area (Å²) in [5.74, 6) is -1.35. The summed E-state index contributed by atoms with van der Waals surface area (Å²) in [7, 11) is -3.87. The number of ketones is 1. The van der Waals surface area contributed by atoms with Crippen LogP contribution >= 0.6 is 11.6 Å². The average molecular weight is 350 g/mol. The van der Waals surface area contributed by atoms with Crippen molar-refractivity contribution in [3.63, 3.8) is 0 Å². The Morgan fingerprint density at radius 3 is 2.77 bits per heavy atom. The van der Waals surface area contributed by atoms with E-state index >= 15 is 0 Å². The minimum Gasteiger partial charge on any atom is -0.341 e. The van der Waals surface area contributed by atoms with Crippen LogP contribution in [0.1, 0.15) is 26.2 Å². The molecule has 122 valence electrons. The van der Waals surface area contributed by atoms with E-state index in [1.54, 1.807) is 0 Å². The number of halogens is 2. The monoisotopic (exact) mass is 349 g/mol. The second-order valence-electron chi connectivity index (χ2n) is 5.60. The summed E-state index contributed by atoms with van der Waals surface area (Å²) < 4.78 is 36.9. The predicted octanol–water partition coefficient (Wildman–Crippen LogP) is 1.73. The lowest BCUT2D eigenvalue weighted by Crippen LogP contribution is -2.41. The standard InChI is InChI=1S/C14H17ClFNO4S/c1-10(18)7-13(19)17-6-4-12(9-17)22(20,21)14(15)5-2-3-11(16)8-14/h2-3,8,12H,4-7,9H2,1H3/t12-,14-/m1/s1. The van der Waals surface area contributed by atoms with Crippen LogP contribution in [0.2, 0.25) is 0 Å². The summed E-state index contributed by atoms with van der Waals surface area (Å²) in [5, 5.41) is -0.851. The summed E-state index contributed by atoms with van der Waals surface area (Å²) in [6.45, 7) is 1.55. The number of hydrogen-bond donors (Lipinski definition) is 0. The summed E-state index contributed by atoms with van der Waals surface area (Å²) in [6, 6.07) is 0. The van der Waals surface area contributed by atoms with E-state index in [-0.39, 0.29) is 44.0 Å². The van der Waals surface area contributed by atoms with E-state index < -0.39 is 25.1 Å². The third-order valence-corrected chi connectivity index (χ3v) is 7.24. The molecule has 8 heteroatoms. The number of amides is 1. The van der Waals surface area contributed by atoms with Gasteiger partial charge in [0.25, 0.3) is 0 Å². The zero-order chi connectivity index (χ0) is 16.5. The summed E-state index contributed by atoms with van der Waals surface area (Å²) in [5.41, 5.74) is 0. The van der Waals surface area contributed by atoms with Crippen molar-refractivity contribution in [2.75, 3.05) is 13.1 Å². The lowest BCUT2D eigenvalue weighted by molar-refractivity contribution is -0.133. The molecule has 0 unspecified atom stereocenters. The molecule has 1 aliphatic heterocycles. The molecule has 1 saturated heterocycles. The molecule has 0 spiro atoms. The van der Waals surface area contributed by atoms with Gasteiger partial charge in [-0.25, -0.2) is 12.8 Å².